The first-order valence-electron chi connectivity index (χ1n) is 6.26. The number of rotatable bonds is 2. The van der Waals surface area contributed by atoms with Gasteiger partial charge in [-0.3, -0.25) is 4.79 Å². The molecule has 0 aliphatic carbocycles. The molecule has 0 aromatic heterocycles. The summed E-state index contributed by atoms with van der Waals surface area (Å²) >= 11 is 0. The number of hydrogen-bond donors (Lipinski definition) is 0. The van der Waals surface area contributed by atoms with Gasteiger partial charge in [0.15, 0.2) is 0 Å². The van der Waals surface area contributed by atoms with Crippen molar-refractivity contribution in [1.82, 2.24) is 4.90 Å². The van der Waals surface area contributed by atoms with Gasteiger partial charge in [-0.25, -0.2) is 0 Å². The molecule has 2 aromatic rings. The van der Waals surface area contributed by atoms with Crippen molar-refractivity contribution in [3.63, 3.8) is 0 Å². The molecule has 1 aliphatic heterocycles. The van der Waals surface area contributed by atoms with Gasteiger partial charge in [-0.15, -0.1) is 0 Å². The Morgan fingerprint density at radius 1 is 0.944 bits per heavy atom. The van der Waals surface area contributed by atoms with Gasteiger partial charge in [0, 0.05) is 18.7 Å². The van der Waals surface area contributed by atoms with Gasteiger partial charge in [-0.2, -0.15) is 0 Å². The SMILES string of the molecule is O=C1c2ccccc2CCN1Cc1ccccc1. The fourth-order valence-electron chi connectivity index (χ4n) is 2.43. The summed E-state index contributed by atoms with van der Waals surface area (Å²) in [4.78, 5) is 14.3. The normalized spacial score (nSPS) is 14.4. The smallest absolute Gasteiger partial charge is 0.254 e. The van der Waals surface area contributed by atoms with Crippen molar-refractivity contribution in [2.24, 2.45) is 0 Å². The lowest BCUT2D eigenvalue weighted by Gasteiger charge is -2.28. The van der Waals surface area contributed by atoms with Crippen molar-refractivity contribution in [2.45, 2.75) is 13.0 Å². The average molecular weight is 237 g/mol. The Balaban J connectivity index is 1.83. The highest BCUT2D eigenvalue weighted by Gasteiger charge is 2.23. The predicted octanol–water partition coefficient (Wildman–Crippen LogP) is 2.89. The third-order valence-electron chi connectivity index (χ3n) is 3.40. The molecular weight excluding hydrogens is 222 g/mol. The van der Waals surface area contributed by atoms with Gasteiger partial charge in [-0.1, -0.05) is 48.5 Å². The van der Waals surface area contributed by atoms with Crippen molar-refractivity contribution in [3.8, 4) is 0 Å². The van der Waals surface area contributed by atoms with E-state index >= 15 is 0 Å². The molecule has 0 spiro atoms. The summed E-state index contributed by atoms with van der Waals surface area (Å²) < 4.78 is 0. The van der Waals surface area contributed by atoms with Gasteiger partial charge in [0.1, 0.15) is 0 Å². The molecular formula is C16H15NO. The summed E-state index contributed by atoms with van der Waals surface area (Å²) in [7, 11) is 0. The molecule has 18 heavy (non-hydrogen) atoms. The van der Waals surface area contributed by atoms with Crippen LogP contribution in [0.2, 0.25) is 0 Å². The molecule has 2 nitrogen and oxygen atoms in total. The number of hydrogen-bond acceptors (Lipinski definition) is 1. The van der Waals surface area contributed by atoms with E-state index in [0.717, 1.165) is 18.5 Å². The van der Waals surface area contributed by atoms with Crippen molar-refractivity contribution in [1.29, 1.82) is 0 Å². The number of nitrogens with zero attached hydrogens (tertiary/aromatic N) is 1. The van der Waals surface area contributed by atoms with Crippen LogP contribution >= 0.6 is 0 Å². The van der Waals surface area contributed by atoms with Gasteiger partial charge in [0.05, 0.1) is 0 Å². The maximum absolute atomic E-state index is 12.3. The minimum absolute atomic E-state index is 0.153. The van der Waals surface area contributed by atoms with E-state index in [-0.39, 0.29) is 5.91 Å². The monoisotopic (exact) mass is 237 g/mol. The molecule has 0 bridgehead atoms. The summed E-state index contributed by atoms with van der Waals surface area (Å²) in [5.74, 6) is 0.153. The van der Waals surface area contributed by atoms with E-state index in [9.17, 15) is 4.79 Å². The molecule has 1 aliphatic rings. The second-order valence-corrected chi connectivity index (χ2v) is 4.62. The number of carbonyl (C=O) groups excluding carboxylic acids is 1. The van der Waals surface area contributed by atoms with Crippen LogP contribution in [0.3, 0.4) is 0 Å². The summed E-state index contributed by atoms with van der Waals surface area (Å²) in [6.07, 6.45) is 0.953. The van der Waals surface area contributed by atoms with Crippen LogP contribution in [-0.2, 0) is 13.0 Å². The van der Waals surface area contributed by atoms with Gasteiger partial charge >= 0.3 is 0 Å². The highest BCUT2D eigenvalue weighted by Crippen LogP contribution is 2.20. The second kappa shape index (κ2) is 4.65. The van der Waals surface area contributed by atoms with Crippen LogP contribution in [0.5, 0.6) is 0 Å². The first-order chi connectivity index (χ1) is 8.84. The Labute approximate surface area is 107 Å². The molecule has 3 rings (SSSR count). The third kappa shape index (κ3) is 2.02. The van der Waals surface area contributed by atoms with E-state index in [0.29, 0.717) is 6.54 Å². The highest BCUT2D eigenvalue weighted by molar-refractivity contribution is 5.96. The fraction of sp³-hybridized carbons (Fsp3) is 0.188. The third-order valence-corrected chi connectivity index (χ3v) is 3.40. The number of benzene rings is 2. The maximum atomic E-state index is 12.3. The lowest BCUT2D eigenvalue weighted by molar-refractivity contribution is 0.0727. The van der Waals surface area contributed by atoms with E-state index in [1.807, 2.05) is 47.4 Å². The van der Waals surface area contributed by atoms with Crippen LogP contribution in [-0.4, -0.2) is 17.4 Å². The van der Waals surface area contributed by atoms with Crippen LogP contribution < -0.4 is 0 Å². The van der Waals surface area contributed by atoms with Crippen molar-refractivity contribution < 1.29 is 4.79 Å². The molecule has 0 atom stereocenters. The molecule has 1 amide bonds. The Hall–Kier alpha value is -2.09. The molecule has 0 unspecified atom stereocenters. The summed E-state index contributed by atoms with van der Waals surface area (Å²) in [6.45, 7) is 1.51. The lowest BCUT2D eigenvalue weighted by atomic mass is 9.99. The molecule has 0 saturated carbocycles. The lowest BCUT2D eigenvalue weighted by Crippen LogP contribution is -2.36. The van der Waals surface area contributed by atoms with E-state index in [2.05, 4.69) is 12.1 Å². The van der Waals surface area contributed by atoms with E-state index in [1.165, 1.54) is 11.1 Å². The Kier molecular flexibility index (Phi) is 2.85. The Bertz CT molecular complexity index is 562. The van der Waals surface area contributed by atoms with Crippen LogP contribution in [0.15, 0.2) is 54.6 Å². The number of fused-ring (bicyclic) bond motifs is 1. The van der Waals surface area contributed by atoms with Gasteiger partial charge in [0.25, 0.3) is 5.91 Å². The summed E-state index contributed by atoms with van der Waals surface area (Å²) in [5.41, 5.74) is 3.22. The Morgan fingerprint density at radius 2 is 1.67 bits per heavy atom. The number of amides is 1. The molecule has 2 aromatic carbocycles. The summed E-state index contributed by atoms with van der Waals surface area (Å²) in [5, 5.41) is 0. The standard InChI is InChI=1S/C16H15NO/c18-16-15-9-5-4-8-14(15)10-11-17(16)12-13-6-2-1-3-7-13/h1-9H,10-12H2. The zero-order valence-electron chi connectivity index (χ0n) is 10.2. The second-order valence-electron chi connectivity index (χ2n) is 4.62. The summed E-state index contributed by atoms with van der Waals surface area (Å²) in [6, 6.07) is 18.1. The first-order valence-corrected chi connectivity index (χ1v) is 6.26. The molecule has 1 heterocycles. The van der Waals surface area contributed by atoms with E-state index in [4.69, 9.17) is 0 Å². The molecule has 90 valence electrons. The fourth-order valence-corrected chi connectivity index (χ4v) is 2.43. The van der Waals surface area contributed by atoms with Crippen LogP contribution in [0.4, 0.5) is 0 Å². The zero-order valence-corrected chi connectivity index (χ0v) is 10.2. The molecule has 0 saturated heterocycles. The van der Waals surface area contributed by atoms with E-state index in [1.54, 1.807) is 0 Å². The molecule has 0 N–H and O–H groups in total. The van der Waals surface area contributed by atoms with Crippen molar-refractivity contribution >= 4 is 5.91 Å². The quantitative estimate of drug-likeness (QED) is 0.786. The largest absolute Gasteiger partial charge is 0.334 e. The molecule has 0 fully saturated rings. The van der Waals surface area contributed by atoms with Gasteiger partial charge in [-0.05, 0) is 23.6 Å². The van der Waals surface area contributed by atoms with Crippen LogP contribution in [0, 0.1) is 0 Å². The minimum atomic E-state index is 0.153. The van der Waals surface area contributed by atoms with Crippen LogP contribution in [0.1, 0.15) is 21.5 Å². The van der Waals surface area contributed by atoms with Crippen LogP contribution in [0.25, 0.3) is 0 Å². The van der Waals surface area contributed by atoms with Gasteiger partial charge < -0.3 is 4.90 Å². The predicted molar refractivity (Wildman–Crippen MR) is 71.3 cm³/mol. The first kappa shape index (κ1) is 11.0. The molecule has 0 radical (unpaired) electrons. The average Bonchev–Trinajstić information content (AvgIpc) is 2.43. The van der Waals surface area contributed by atoms with Crippen molar-refractivity contribution in [2.75, 3.05) is 6.54 Å². The highest BCUT2D eigenvalue weighted by atomic mass is 16.2. The maximum Gasteiger partial charge on any atom is 0.254 e. The topological polar surface area (TPSA) is 20.3 Å². The van der Waals surface area contributed by atoms with E-state index < -0.39 is 0 Å². The molecule has 2 heteroatoms. The number of carbonyl (C=O) groups is 1. The van der Waals surface area contributed by atoms with Gasteiger partial charge in [0.2, 0.25) is 0 Å². The minimum Gasteiger partial charge on any atom is -0.334 e. The zero-order chi connectivity index (χ0) is 12.4. The Morgan fingerprint density at radius 3 is 2.50 bits per heavy atom. The van der Waals surface area contributed by atoms with Crippen molar-refractivity contribution in [3.05, 3.63) is 71.3 Å².